The molecule has 2 N–H and O–H groups in total. The molecule has 0 saturated heterocycles. The van der Waals surface area contributed by atoms with Crippen molar-refractivity contribution in [2.75, 3.05) is 0 Å². The van der Waals surface area contributed by atoms with E-state index in [1.165, 1.54) is 0 Å². The number of rotatable bonds is 3. The lowest BCUT2D eigenvalue weighted by molar-refractivity contribution is -0.386. The van der Waals surface area contributed by atoms with Crippen molar-refractivity contribution in [1.29, 1.82) is 0 Å². The third kappa shape index (κ3) is 2.13. The number of hydrogen-bond donors (Lipinski definition) is 1. The van der Waals surface area contributed by atoms with Crippen molar-refractivity contribution < 1.29 is 18.5 Å². The summed E-state index contributed by atoms with van der Waals surface area (Å²) in [6, 6.07) is 0. The molecule has 0 fully saturated rings. The van der Waals surface area contributed by atoms with Gasteiger partial charge in [0.2, 0.25) is 0 Å². The number of nitro groups is 1. The van der Waals surface area contributed by atoms with Gasteiger partial charge in [-0.2, -0.15) is 0 Å². The van der Waals surface area contributed by atoms with Crippen LogP contribution < -0.4 is 5.73 Å². The van der Waals surface area contributed by atoms with E-state index in [0.717, 1.165) is 6.20 Å². The van der Waals surface area contributed by atoms with Gasteiger partial charge in [-0.1, -0.05) is 0 Å². The second kappa shape index (κ2) is 4.47. The van der Waals surface area contributed by atoms with Gasteiger partial charge in [-0.3, -0.25) is 14.9 Å². The number of carbonyl (C=O) groups excluding carboxylic acids is 1. The van der Waals surface area contributed by atoms with Gasteiger partial charge in [-0.05, 0) is 15.9 Å². The molecular formula is C7H4BrF2N3O3. The van der Waals surface area contributed by atoms with Gasteiger partial charge in [0, 0.05) is 6.20 Å². The maximum absolute atomic E-state index is 12.6. The lowest BCUT2D eigenvalue weighted by Gasteiger charge is -2.06. The molecule has 0 aliphatic heterocycles. The van der Waals surface area contributed by atoms with Gasteiger partial charge in [0.1, 0.15) is 15.7 Å². The smallest absolute Gasteiger partial charge is 0.295 e. The highest BCUT2D eigenvalue weighted by Gasteiger charge is 2.31. The predicted octanol–water partition coefficient (Wildman–Crippen LogP) is 1.79. The van der Waals surface area contributed by atoms with Crippen molar-refractivity contribution in [2.24, 2.45) is 5.73 Å². The molecule has 0 spiro atoms. The fraction of sp³-hybridized carbons (Fsp3) is 0.143. The molecule has 0 aliphatic carbocycles. The Bertz CT molecular complexity index is 466. The quantitative estimate of drug-likeness (QED) is 0.522. The minimum Gasteiger partial charge on any atom is -0.365 e. The van der Waals surface area contributed by atoms with Crippen LogP contribution in [-0.2, 0) is 0 Å². The number of primary amides is 1. The normalized spacial score (nSPS) is 10.5. The molecule has 0 saturated carbocycles. The van der Waals surface area contributed by atoms with Crippen LogP contribution in [0.1, 0.15) is 22.3 Å². The Morgan fingerprint density at radius 1 is 1.62 bits per heavy atom. The molecule has 1 aromatic rings. The topological polar surface area (TPSA) is 99.1 Å². The maximum atomic E-state index is 12.6. The van der Waals surface area contributed by atoms with Crippen LogP contribution in [0, 0.1) is 10.1 Å². The largest absolute Gasteiger partial charge is 0.365 e. The predicted molar refractivity (Wildman–Crippen MR) is 52.1 cm³/mol. The van der Waals surface area contributed by atoms with Crippen LogP contribution >= 0.6 is 15.9 Å². The molecule has 0 aromatic carbocycles. The number of amides is 1. The summed E-state index contributed by atoms with van der Waals surface area (Å²) in [5.41, 5.74) is 2.20. The van der Waals surface area contributed by atoms with E-state index in [4.69, 9.17) is 5.73 Å². The summed E-state index contributed by atoms with van der Waals surface area (Å²) < 4.78 is 24.7. The molecule has 1 aromatic heterocycles. The maximum Gasteiger partial charge on any atom is 0.295 e. The molecule has 1 amide bonds. The lowest BCUT2D eigenvalue weighted by Crippen LogP contribution is -2.15. The molecule has 1 rings (SSSR count). The van der Waals surface area contributed by atoms with Crippen molar-refractivity contribution in [3.63, 3.8) is 0 Å². The molecular weight excluding hydrogens is 292 g/mol. The van der Waals surface area contributed by atoms with Crippen molar-refractivity contribution in [1.82, 2.24) is 4.98 Å². The molecule has 1 heterocycles. The zero-order valence-corrected chi connectivity index (χ0v) is 9.07. The molecule has 0 bridgehead atoms. The van der Waals surface area contributed by atoms with Gasteiger partial charge in [0.15, 0.2) is 0 Å². The second-order valence-electron chi connectivity index (χ2n) is 2.65. The van der Waals surface area contributed by atoms with Crippen LogP contribution in [-0.4, -0.2) is 15.8 Å². The van der Waals surface area contributed by atoms with Gasteiger partial charge in [-0.25, -0.2) is 13.8 Å². The van der Waals surface area contributed by atoms with E-state index in [9.17, 15) is 23.7 Å². The summed E-state index contributed by atoms with van der Waals surface area (Å²) in [5, 5.41) is 10.6. The Morgan fingerprint density at radius 3 is 2.56 bits per heavy atom. The minimum atomic E-state index is -3.14. The zero-order chi connectivity index (χ0) is 12.5. The summed E-state index contributed by atoms with van der Waals surface area (Å²) in [6.07, 6.45) is -2.36. The van der Waals surface area contributed by atoms with Gasteiger partial charge in [0.25, 0.3) is 18.0 Å². The first-order valence-electron chi connectivity index (χ1n) is 3.77. The minimum absolute atomic E-state index is 0.390. The summed E-state index contributed by atoms with van der Waals surface area (Å²) in [5.74, 6) is -1.19. The Kier molecular flexibility index (Phi) is 3.48. The van der Waals surface area contributed by atoms with Crippen LogP contribution in [0.2, 0.25) is 0 Å². The van der Waals surface area contributed by atoms with E-state index < -0.39 is 34.1 Å². The molecule has 9 heteroatoms. The Labute approximate surface area is 95.7 Å². The number of nitrogens with two attached hydrogens (primary N) is 1. The Hall–Kier alpha value is -1.64. The van der Waals surface area contributed by atoms with Crippen molar-refractivity contribution in [2.45, 2.75) is 6.43 Å². The number of pyridine rings is 1. The van der Waals surface area contributed by atoms with Crippen LogP contribution in [0.25, 0.3) is 0 Å². The van der Waals surface area contributed by atoms with E-state index >= 15 is 0 Å². The van der Waals surface area contributed by atoms with E-state index in [-0.39, 0.29) is 4.60 Å². The second-order valence-corrected chi connectivity index (χ2v) is 3.40. The summed E-state index contributed by atoms with van der Waals surface area (Å²) >= 11 is 2.65. The first-order valence-corrected chi connectivity index (χ1v) is 4.56. The number of hydrogen-bond acceptors (Lipinski definition) is 4. The average molecular weight is 296 g/mol. The van der Waals surface area contributed by atoms with Crippen molar-refractivity contribution in [3.05, 3.63) is 32.0 Å². The Morgan fingerprint density at radius 2 is 2.19 bits per heavy atom. The van der Waals surface area contributed by atoms with Crippen LogP contribution in [0.4, 0.5) is 14.5 Å². The molecule has 86 valence electrons. The number of nitrogens with zero attached hydrogens (tertiary/aromatic N) is 2. The third-order valence-corrected chi connectivity index (χ3v) is 2.34. The van der Waals surface area contributed by atoms with E-state index in [0.29, 0.717) is 0 Å². The van der Waals surface area contributed by atoms with Crippen molar-refractivity contribution >= 4 is 27.5 Å². The monoisotopic (exact) mass is 295 g/mol. The van der Waals surface area contributed by atoms with Gasteiger partial charge < -0.3 is 5.73 Å². The molecule has 0 radical (unpaired) electrons. The van der Waals surface area contributed by atoms with Crippen LogP contribution in [0.5, 0.6) is 0 Å². The van der Waals surface area contributed by atoms with E-state index in [1.807, 2.05) is 0 Å². The van der Waals surface area contributed by atoms with Gasteiger partial charge >= 0.3 is 0 Å². The molecule has 0 atom stereocenters. The summed E-state index contributed by atoms with van der Waals surface area (Å²) in [7, 11) is 0. The summed E-state index contributed by atoms with van der Waals surface area (Å²) in [4.78, 5) is 23.8. The fourth-order valence-electron chi connectivity index (χ4n) is 1.07. The molecule has 0 aliphatic rings. The van der Waals surface area contributed by atoms with Crippen LogP contribution in [0.15, 0.2) is 10.8 Å². The summed E-state index contributed by atoms with van der Waals surface area (Å²) in [6.45, 7) is 0. The number of carbonyl (C=O) groups is 1. The molecule has 0 unspecified atom stereocenters. The number of alkyl halides is 2. The average Bonchev–Trinajstić information content (AvgIpc) is 2.15. The fourth-order valence-corrected chi connectivity index (χ4v) is 1.53. The molecule has 16 heavy (non-hydrogen) atoms. The lowest BCUT2D eigenvalue weighted by atomic mass is 10.1. The number of aromatic nitrogens is 1. The van der Waals surface area contributed by atoms with Gasteiger partial charge in [-0.15, -0.1) is 0 Å². The number of halogens is 3. The highest BCUT2D eigenvalue weighted by molar-refractivity contribution is 9.10. The third-order valence-electron chi connectivity index (χ3n) is 1.71. The highest BCUT2D eigenvalue weighted by atomic mass is 79.9. The van der Waals surface area contributed by atoms with E-state index in [1.54, 1.807) is 0 Å². The zero-order valence-electron chi connectivity index (χ0n) is 7.49. The Balaban J connectivity index is 3.63. The van der Waals surface area contributed by atoms with E-state index in [2.05, 4.69) is 20.9 Å². The van der Waals surface area contributed by atoms with Gasteiger partial charge in [0.05, 0.1) is 4.92 Å². The first kappa shape index (κ1) is 12.4. The SMILES string of the molecule is NC(=O)c1cnc(Br)c(C(F)F)c1[N+](=O)[O-]. The van der Waals surface area contributed by atoms with Crippen LogP contribution in [0.3, 0.4) is 0 Å². The van der Waals surface area contributed by atoms with Crippen molar-refractivity contribution in [3.8, 4) is 0 Å². The standard InChI is InChI=1S/C7H4BrF2N3O3/c8-5-3(6(9)10)4(13(15)16)2(1-12-5)7(11)14/h1,6H,(H2,11,14). The molecule has 6 nitrogen and oxygen atoms in total. The first-order chi connectivity index (χ1) is 7.36. The highest BCUT2D eigenvalue weighted by Crippen LogP contribution is 2.35.